The van der Waals surface area contributed by atoms with E-state index in [4.69, 9.17) is 14.2 Å². The Hall–Kier alpha value is -4.00. The van der Waals surface area contributed by atoms with Crippen LogP contribution in [0.2, 0.25) is 0 Å². The molecule has 0 bridgehead atoms. The van der Waals surface area contributed by atoms with Gasteiger partial charge in [0.15, 0.2) is 11.5 Å². The predicted molar refractivity (Wildman–Crippen MR) is 136 cm³/mol. The summed E-state index contributed by atoms with van der Waals surface area (Å²) in [5.41, 5.74) is 4.18. The SMILES string of the molecule is CCOc1ccccc1CNC(=O)[C@H]1c2cc(OC)c(OC)cc2C(=O)N2CCc3ccccc3[C@@H]12. The van der Waals surface area contributed by atoms with Gasteiger partial charge in [-0.15, -0.1) is 0 Å². The van der Waals surface area contributed by atoms with E-state index in [1.54, 1.807) is 19.2 Å². The first-order valence-corrected chi connectivity index (χ1v) is 12.2. The number of carbonyl (C=O) groups is 2. The molecule has 7 nitrogen and oxygen atoms in total. The standard InChI is InChI=1S/C29H30N2O5/c1-4-36-23-12-8-6-10-19(23)17-30-28(32)26-21-15-24(34-2)25(35-3)16-22(21)29(33)31-14-13-18-9-5-7-11-20(18)27(26)31/h5-12,15-16,26-27H,4,13-14,17H2,1-3H3,(H,30,32)/t26-,27-/m0/s1. The van der Waals surface area contributed by atoms with Gasteiger partial charge in [0.2, 0.25) is 5.91 Å². The molecule has 0 aromatic heterocycles. The average molecular weight is 487 g/mol. The van der Waals surface area contributed by atoms with Crippen LogP contribution in [0.25, 0.3) is 0 Å². The van der Waals surface area contributed by atoms with Gasteiger partial charge in [-0.2, -0.15) is 0 Å². The molecule has 2 aliphatic heterocycles. The third-order valence-corrected chi connectivity index (χ3v) is 7.04. The molecular formula is C29H30N2O5. The molecule has 0 saturated heterocycles. The molecule has 0 radical (unpaired) electrons. The quantitative estimate of drug-likeness (QED) is 0.540. The van der Waals surface area contributed by atoms with Crippen LogP contribution in [0.4, 0.5) is 0 Å². The van der Waals surface area contributed by atoms with Crippen LogP contribution < -0.4 is 19.5 Å². The lowest BCUT2D eigenvalue weighted by molar-refractivity contribution is -0.124. The maximum absolute atomic E-state index is 14.0. The summed E-state index contributed by atoms with van der Waals surface area (Å²) in [5.74, 6) is 0.824. The number of fused-ring (bicyclic) bond motifs is 4. The Morgan fingerprint density at radius 2 is 1.69 bits per heavy atom. The minimum atomic E-state index is -0.613. The molecule has 0 saturated carbocycles. The van der Waals surface area contributed by atoms with Crippen LogP contribution in [0.5, 0.6) is 17.2 Å². The Bertz CT molecular complexity index is 1300. The predicted octanol–water partition coefficient (Wildman–Crippen LogP) is 4.26. The first-order chi connectivity index (χ1) is 17.6. The molecule has 5 rings (SSSR count). The summed E-state index contributed by atoms with van der Waals surface area (Å²) in [4.78, 5) is 29.5. The van der Waals surface area contributed by atoms with Crippen molar-refractivity contribution < 1.29 is 23.8 Å². The van der Waals surface area contributed by atoms with Crippen LogP contribution in [0, 0.1) is 0 Å². The molecule has 3 aromatic carbocycles. The fraction of sp³-hybridized carbons (Fsp3) is 0.310. The van der Waals surface area contributed by atoms with Gasteiger partial charge in [-0.25, -0.2) is 0 Å². The van der Waals surface area contributed by atoms with E-state index in [1.807, 2.05) is 54.3 Å². The minimum absolute atomic E-state index is 0.101. The van der Waals surface area contributed by atoms with Gasteiger partial charge in [-0.3, -0.25) is 9.59 Å². The van der Waals surface area contributed by atoms with Crippen molar-refractivity contribution in [3.05, 3.63) is 88.5 Å². The first-order valence-electron chi connectivity index (χ1n) is 12.2. The second kappa shape index (κ2) is 9.93. The van der Waals surface area contributed by atoms with Crippen molar-refractivity contribution in [3.8, 4) is 17.2 Å². The maximum atomic E-state index is 14.0. The topological polar surface area (TPSA) is 77.1 Å². The van der Waals surface area contributed by atoms with E-state index in [-0.39, 0.29) is 11.8 Å². The van der Waals surface area contributed by atoms with Crippen LogP contribution in [-0.4, -0.2) is 44.1 Å². The number of rotatable bonds is 7. The zero-order chi connectivity index (χ0) is 25.2. The van der Waals surface area contributed by atoms with Crippen molar-refractivity contribution in [1.82, 2.24) is 10.2 Å². The summed E-state index contributed by atoms with van der Waals surface area (Å²) >= 11 is 0. The van der Waals surface area contributed by atoms with Crippen molar-refractivity contribution >= 4 is 11.8 Å². The normalized spacial score (nSPS) is 18.0. The van der Waals surface area contributed by atoms with Crippen LogP contribution in [0.3, 0.4) is 0 Å². The summed E-state index contributed by atoms with van der Waals surface area (Å²) in [5, 5.41) is 3.12. The molecule has 7 heteroatoms. The summed E-state index contributed by atoms with van der Waals surface area (Å²) in [7, 11) is 3.09. The van der Waals surface area contributed by atoms with E-state index in [9.17, 15) is 9.59 Å². The Morgan fingerprint density at radius 1 is 0.972 bits per heavy atom. The third kappa shape index (κ3) is 4.04. The van der Waals surface area contributed by atoms with Gasteiger partial charge in [0, 0.05) is 24.2 Å². The largest absolute Gasteiger partial charge is 0.494 e. The van der Waals surface area contributed by atoms with Crippen molar-refractivity contribution in [2.75, 3.05) is 27.4 Å². The van der Waals surface area contributed by atoms with Gasteiger partial charge >= 0.3 is 0 Å². The lowest BCUT2D eigenvalue weighted by Gasteiger charge is -2.45. The van der Waals surface area contributed by atoms with Crippen LogP contribution >= 0.6 is 0 Å². The average Bonchev–Trinajstić information content (AvgIpc) is 2.92. The molecule has 2 atom stereocenters. The van der Waals surface area contributed by atoms with Crippen molar-refractivity contribution in [2.24, 2.45) is 0 Å². The molecule has 36 heavy (non-hydrogen) atoms. The number of benzene rings is 3. The Morgan fingerprint density at radius 3 is 2.47 bits per heavy atom. The molecule has 0 aliphatic carbocycles. The third-order valence-electron chi connectivity index (χ3n) is 7.04. The zero-order valence-corrected chi connectivity index (χ0v) is 20.7. The number of methoxy groups -OCH3 is 2. The molecule has 0 spiro atoms. The monoisotopic (exact) mass is 486 g/mol. The second-order valence-electron chi connectivity index (χ2n) is 8.92. The van der Waals surface area contributed by atoms with E-state index in [0.29, 0.717) is 42.3 Å². The number of ether oxygens (including phenoxy) is 3. The van der Waals surface area contributed by atoms with E-state index >= 15 is 0 Å². The number of amides is 2. The number of nitrogens with zero attached hydrogens (tertiary/aromatic N) is 1. The highest BCUT2D eigenvalue weighted by Gasteiger charge is 2.46. The van der Waals surface area contributed by atoms with Gasteiger partial charge < -0.3 is 24.4 Å². The lowest BCUT2D eigenvalue weighted by atomic mass is 9.75. The number of hydrogen-bond donors (Lipinski definition) is 1. The van der Waals surface area contributed by atoms with Gasteiger partial charge in [-0.05, 0) is 48.2 Å². The number of hydrogen-bond acceptors (Lipinski definition) is 5. The Labute approximate surface area is 211 Å². The second-order valence-corrected chi connectivity index (χ2v) is 8.92. The van der Waals surface area contributed by atoms with Gasteiger partial charge in [-0.1, -0.05) is 42.5 Å². The molecular weight excluding hydrogens is 456 g/mol. The highest BCUT2D eigenvalue weighted by molar-refractivity contribution is 6.02. The van der Waals surface area contributed by atoms with Gasteiger partial charge in [0.25, 0.3) is 5.91 Å². The van der Waals surface area contributed by atoms with Crippen molar-refractivity contribution in [2.45, 2.75) is 31.8 Å². The molecule has 2 heterocycles. The summed E-state index contributed by atoms with van der Waals surface area (Å²) in [6, 6.07) is 18.8. The molecule has 0 unspecified atom stereocenters. The molecule has 186 valence electrons. The highest BCUT2D eigenvalue weighted by Crippen LogP contribution is 2.48. The minimum Gasteiger partial charge on any atom is -0.494 e. The van der Waals surface area contributed by atoms with E-state index in [0.717, 1.165) is 28.9 Å². The maximum Gasteiger partial charge on any atom is 0.254 e. The van der Waals surface area contributed by atoms with Crippen LogP contribution in [-0.2, 0) is 17.8 Å². The molecule has 2 amide bonds. The van der Waals surface area contributed by atoms with E-state index in [1.165, 1.54) is 7.11 Å². The summed E-state index contributed by atoms with van der Waals surface area (Å²) in [6.07, 6.45) is 0.747. The Kier molecular flexibility index (Phi) is 6.55. The number of nitrogens with one attached hydrogen (secondary N) is 1. The van der Waals surface area contributed by atoms with Crippen LogP contribution in [0.15, 0.2) is 60.7 Å². The van der Waals surface area contributed by atoms with Gasteiger partial charge in [0.1, 0.15) is 5.75 Å². The molecule has 1 N–H and O–H groups in total. The van der Waals surface area contributed by atoms with Crippen molar-refractivity contribution in [3.63, 3.8) is 0 Å². The molecule has 0 fully saturated rings. The van der Waals surface area contributed by atoms with Crippen LogP contribution in [0.1, 0.15) is 51.5 Å². The Balaban J connectivity index is 1.58. The fourth-order valence-electron chi connectivity index (χ4n) is 5.37. The van der Waals surface area contributed by atoms with E-state index < -0.39 is 12.0 Å². The first kappa shape index (κ1) is 23.7. The fourth-order valence-corrected chi connectivity index (χ4v) is 5.37. The van der Waals surface area contributed by atoms with E-state index in [2.05, 4.69) is 11.4 Å². The smallest absolute Gasteiger partial charge is 0.254 e. The van der Waals surface area contributed by atoms with Gasteiger partial charge in [0.05, 0.1) is 32.8 Å². The summed E-state index contributed by atoms with van der Waals surface area (Å²) in [6.45, 7) is 3.34. The highest BCUT2D eigenvalue weighted by atomic mass is 16.5. The number of carbonyl (C=O) groups excluding carboxylic acids is 2. The summed E-state index contributed by atoms with van der Waals surface area (Å²) < 4.78 is 16.8. The zero-order valence-electron chi connectivity index (χ0n) is 20.7. The number of para-hydroxylation sites is 1. The van der Waals surface area contributed by atoms with Crippen molar-refractivity contribution in [1.29, 1.82) is 0 Å². The molecule has 3 aromatic rings. The lowest BCUT2D eigenvalue weighted by Crippen LogP contribution is -2.50. The molecule has 2 aliphatic rings.